The fourth-order valence-electron chi connectivity index (χ4n) is 6.50. The first kappa shape index (κ1) is 26.8. The van der Waals surface area contributed by atoms with Crippen molar-refractivity contribution in [2.75, 3.05) is 67.1 Å². The third-order valence-electron chi connectivity index (χ3n) is 8.59. The topological polar surface area (TPSA) is 97.8 Å². The molecule has 5 heterocycles. The van der Waals surface area contributed by atoms with Crippen molar-refractivity contribution in [3.8, 4) is 6.07 Å². The Hall–Kier alpha value is -3.39. The number of nitrogens with zero attached hydrogens (tertiary/aromatic N) is 7. The zero-order valence-electron chi connectivity index (χ0n) is 23.4. The molecule has 3 saturated heterocycles. The van der Waals surface area contributed by atoms with Crippen LogP contribution in [-0.2, 0) is 4.74 Å². The zero-order chi connectivity index (χ0) is 27.8. The van der Waals surface area contributed by atoms with Crippen molar-refractivity contribution >= 4 is 41.5 Å². The minimum atomic E-state index is 0.0955. The molecule has 0 bridgehead atoms. The van der Waals surface area contributed by atoms with Crippen LogP contribution in [0.1, 0.15) is 25.8 Å². The smallest absolute Gasteiger partial charge is 0.141 e. The Morgan fingerprint density at radius 1 is 1.05 bits per heavy atom. The molecule has 6 rings (SSSR count). The van der Waals surface area contributed by atoms with Crippen LogP contribution in [0.25, 0.3) is 10.9 Å². The zero-order valence-corrected chi connectivity index (χ0v) is 23.4. The van der Waals surface area contributed by atoms with Crippen LogP contribution in [0, 0.1) is 11.3 Å². The second kappa shape index (κ2) is 11.2. The van der Waals surface area contributed by atoms with E-state index in [1.165, 1.54) is 5.69 Å². The van der Waals surface area contributed by atoms with Gasteiger partial charge in [0.2, 0.25) is 0 Å². The van der Waals surface area contributed by atoms with Crippen LogP contribution < -0.4 is 26.0 Å². The lowest BCUT2D eigenvalue weighted by molar-refractivity contribution is -0.0327. The molecule has 0 aliphatic carbocycles. The maximum atomic E-state index is 9.58. The number of pyridine rings is 2. The first-order valence-corrected chi connectivity index (χ1v) is 14.4. The number of hydrogen-bond donors (Lipinski definition) is 1. The predicted octanol–water partition coefficient (Wildman–Crippen LogP) is 1.64. The summed E-state index contributed by atoms with van der Waals surface area (Å²) in [5, 5.41) is 10.5. The molecule has 9 nitrogen and oxygen atoms in total. The highest BCUT2D eigenvalue weighted by atomic mass is 16.5. The molecule has 4 atom stereocenters. The second-order valence-corrected chi connectivity index (χ2v) is 11.3. The van der Waals surface area contributed by atoms with Gasteiger partial charge in [0.15, 0.2) is 0 Å². The van der Waals surface area contributed by atoms with Gasteiger partial charge in [-0.1, -0.05) is 13.0 Å². The number of morpholine rings is 1. The van der Waals surface area contributed by atoms with Gasteiger partial charge in [-0.3, -0.25) is 9.88 Å². The van der Waals surface area contributed by atoms with Gasteiger partial charge >= 0.3 is 0 Å². The Bertz CT molecular complexity index is 1390. The molecule has 0 amide bonds. The van der Waals surface area contributed by atoms with Crippen LogP contribution in [-0.4, -0.2) is 99.4 Å². The average Bonchev–Trinajstić information content (AvgIpc) is 2.95. The molecule has 3 fully saturated rings. The fourth-order valence-corrected chi connectivity index (χ4v) is 6.50. The maximum Gasteiger partial charge on any atom is 0.141 e. The van der Waals surface area contributed by atoms with Gasteiger partial charge in [0.25, 0.3) is 0 Å². The van der Waals surface area contributed by atoms with E-state index in [2.05, 4.69) is 56.6 Å². The standard InChI is InChI=1S/C30H37BN8O/c1-3-26-25(33)19-39(26)29-9-5-22(15-34-29)37-12-10-36(11-13-37)17-23-18-38(16-20(2)40-23)27-7-4-21(14-32)30-24(27)6-8-28(31)35-30/h4-9,15,20,23,25-26H,3,10-13,16-19,33H2,1-2H3. The molecular formula is C30H37BN8O. The number of anilines is 3. The lowest BCUT2D eigenvalue weighted by Crippen LogP contribution is -2.64. The van der Waals surface area contributed by atoms with Crippen molar-refractivity contribution in [1.29, 1.82) is 5.26 Å². The van der Waals surface area contributed by atoms with Crippen molar-refractivity contribution in [2.45, 2.75) is 44.6 Å². The van der Waals surface area contributed by atoms with E-state index in [0.717, 1.165) is 75.7 Å². The molecule has 10 heteroatoms. The SMILES string of the molecule is [B]c1ccc2c(N3CC(C)OC(CN4CCN(c5ccc(N6CC(N)C6CC)nc5)CC4)C3)ccc(C#N)c2n1. The Morgan fingerprint density at radius 3 is 2.58 bits per heavy atom. The molecule has 3 aliphatic heterocycles. The summed E-state index contributed by atoms with van der Waals surface area (Å²) in [5.41, 5.74) is 10.0. The van der Waals surface area contributed by atoms with Gasteiger partial charge in [-0.05, 0) is 49.3 Å². The Kier molecular flexibility index (Phi) is 7.54. The molecule has 2 radical (unpaired) electrons. The summed E-state index contributed by atoms with van der Waals surface area (Å²) in [4.78, 5) is 18.8. The van der Waals surface area contributed by atoms with Crippen LogP contribution in [0.3, 0.4) is 0 Å². The minimum Gasteiger partial charge on any atom is -0.370 e. The van der Waals surface area contributed by atoms with E-state index in [9.17, 15) is 5.26 Å². The minimum absolute atomic E-state index is 0.0955. The number of hydrogen-bond acceptors (Lipinski definition) is 9. The van der Waals surface area contributed by atoms with Gasteiger partial charge in [-0.15, -0.1) is 0 Å². The number of benzene rings is 1. The highest BCUT2D eigenvalue weighted by molar-refractivity contribution is 6.31. The number of piperazine rings is 1. The summed E-state index contributed by atoms with van der Waals surface area (Å²) in [6.45, 7) is 11.6. The third-order valence-corrected chi connectivity index (χ3v) is 8.59. The van der Waals surface area contributed by atoms with Gasteiger partial charge in [-0.25, -0.2) is 4.98 Å². The van der Waals surface area contributed by atoms with Crippen LogP contribution in [0.15, 0.2) is 42.6 Å². The van der Waals surface area contributed by atoms with Crippen LogP contribution in [0.5, 0.6) is 0 Å². The Morgan fingerprint density at radius 2 is 1.88 bits per heavy atom. The summed E-state index contributed by atoms with van der Waals surface area (Å²) < 4.78 is 6.40. The molecule has 3 aliphatic rings. The second-order valence-electron chi connectivity index (χ2n) is 11.3. The largest absolute Gasteiger partial charge is 0.370 e. The number of fused-ring (bicyclic) bond motifs is 1. The summed E-state index contributed by atoms with van der Waals surface area (Å²) >= 11 is 0. The maximum absolute atomic E-state index is 9.58. The van der Waals surface area contributed by atoms with E-state index in [1.54, 1.807) is 6.07 Å². The monoisotopic (exact) mass is 536 g/mol. The van der Waals surface area contributed by atoms with Crippen LogP contribution >= 0.6 is 0 Å². The third kappa shape index (κ3) is 5.21. The van der Waals surface area contributed by atoms with Crippen molar-refractivity contribution in [2.24, 2.45) is 5.73 Å². The lowest BCUT2D eigenvalue weighted by atomic mass is 9.95. The molecule has 2 aromatic heterocycles. The van der Waals surface area contributed by atoms with Crippen molar-refractivity contribution in [1.82, 2.24) is 14.9 Å². The van der Waals surface area contributed by atoms with Gasteiger partial charge in [-0.2, -0.15) is 5.26 Å². The number of nitrogens with two attached hydrogens (primary N) is 1. The number of rotatable bonds is 6. The van der Waals surface area contributed by atoms with Gasteiger partial charge < -0.3 is 25.2 Å². The summed E-state index contributed by atoms with van der Waals surface area (Å²) in [5.74, 6) is 1.03. The van der Waals surface area contributed by atoms with Gasteiger partial charge in [0.05, 0.1) is 35.2 Å². The normalized spacial score (nSPS) is 25.6. The molecule has 40 heavy (non-hydrogen) atoms. The van der Waals surface area contributed by atoms with Gasteiger partial charge in [0.1, 0.15) is 19.7 Å². The molecule has 2 N–H and O–H groups in total. The first-order valence-electron chi connectivity index (χ1n) is 14.4. The summed E-state index contributed by atoms with van der Waals surface area (Å²) in [6, 6.07) is 14.9. The highest BCUT2D eigenvalue weighted by Gasteiger charge is 2.35. The van der Waals surface area contributed by atoms with Gasteiger partial charge in [0, 0.05) is 75.5 Å². The van der Waals surface area contributed by atoms with Crippen LogP contribution in [0.2, 0.25) is 0 Å². The summed E-state index contributed by atoms with van der Waals surface area (Å²) in [6.07, 6.45) is 3.25. The lowest BCUT2D eigenvalue weighted by Gasteiger charge is -2.47. The van der Waals surface area contributed by atoms with Crippen molar-refractivity contribution in [3.63, 3.8) is 0 Å². The molecular weight excluding hydrogens is 499 g/mol. The predicted molar refractivity (Wildman–Crippen MR) is 161 cm³/mol. The molecule has 0 saturated carbocycles. The summed E-state index contributed by atoms with van der Waals surface area (Å²) in [7, 11) is 5.94. The highest BCUT2D eigenvalue weighted by Crippen LogP contribution is 2.31. The molecule has 0 spiro atoms. The van der Waals surface area contributed by atoms with E-state index in [1.807, 2.05) is 24.4 Å². The molecule has 206 valence electrons. The molecule has 1 aromatic carbocycles. The Balaban J connectivity index is 1.07. The van der Waals surface area contributed by atoms with E-state index < -0.39 is 0 Å². The fraction of sp³-hybridized carbons (Fsp3) is 0.500. The number of nitriles is 1. The molecule has 4 unspecified atom stereocenters. The van der Waals surface area contributed by atoms with E-state index in [4.69, 9.17) is 23.3 Å². The van der Waals surface area contributed by atoms with E-state index in [0.29, 0.717) is 22.7 Å². The van der Waals surface area contributed by atoms with E-state index >= 15 is 0 Å². The quantitative estimate of drug-likeness (QED) is 0.472. The van der Waals surface area contributed by atoms with Crippen LogP contribution in [0.4, 0.5) is 17.2 Å². The number of ether oxygens (including phenoxy) is 1. The molecule has 3 aromatic rings. The first-order chi connectivity index (χ1) is 19.4. The van der Waals surface area contributed by atoms with E-state index in [-0.39, 0.29) is 18.2 Å². The number of aromatic nitrogens is 2. The average molecular weight is 536 g/mol. The Labute approximate surface area is 237 Å². The van der Waals surface area contributed by atoms with Crippen molar-refractivity contribution in [3.05, 3.63) is 48.2 Å². The van der Waals surface area contributed by atoms with Crippen molar-refractivity contribution < 1.29 is 4.74 Å².